The van der Waals surface area contributed by atoms with Gasteiger partial charge in [0.2, 0.25) is 0 Å². The fraction of sp³-hybridized carbons (Fsp3) is 0.129. The van der Waals surface area contributed by atoms with Crippen LogP contribution in [0.3, 0.4) is 0 Å². The third-order valence-electron chi connectivity index (χ3n) is 14.4. The first-order valence-corrected chi connectivity index (χ1v) is 22.9. The molecule has 8 aromatic rings. The van der Waals surface area contributed by atoms with Gasteiger partial charge in [-0.2, -0.15) is 0 Å². The van der Waals surface area contributed by atoms with Crippen molar-refractivity contribution in [3.8, 4) is 39.1 Å². The van der Waals surface area contributed by atoms with Gasteiger partial charge in [-0.25, -0.2) is 0 Å². The van der Waals surface area contributed by atoms with Gasteiger partial charge in [0, 0.05) is 56.6 Å². The first kappa shape index (κ1) is 38.3. The van der Waals surface area contributed by atoms with Crippen LogP contribution in [0.4, 0.5) is 17.1 Å². The molecule has 2 heteroatoms. The molecule has 3 unspecified atom stereocenters. The van der Waals surface area contributed by atoms with Gasteiger partial charge in [0.25, 0.3) is 0 Å². The molecule has 0 saturated heterocycles. The van der Waals surface area contributed by atoms with Gasteiger partial charge in [-0.3, -0.25) is 0 Å². The predicted molar refractivity (Wildman–Crippen MR) is 271 cm³/mol. The van der Waals surface area contributed by atoms with Crippen LogP contribution in [0.25, 0.3) is 61.6 Å². The Kier molecular flexibility index (Phi) is 9.05. The van der Waals surface area contributed by atoms with Crippen LogP contribution < -0.4 is 4.90 Å². The van der Waals surface area contributed by atoms with Crippen molar-refractivity contribution < 1.29 is 0 Å². The summed E-state index contributed by atoms with van der Waals surface area (Å²) in [6, 6.07) is 62.9. The molecule has 2 nitrogen and oxygen atoms in total. The molecule has 1 heterocycles. The summed E-state index contributed by atoms with van der Waals surface area (Å²) in [5.74, 6) is 1.18. The summed E-state index contributed by atoms with van der Waals surface area (Å²) < 4.78 is 2.49. The molecule has 4 aliphatic rings. The molecular weight excluding hydrogens is 773 g/mol. The third kappa shape index (κ3) is 6.23. The first-order valence-electron chi connectivity index (χ1n) is 22.9. The molecule has 0 amide bonds. The highest BCUT2D eigenvalue weighted by molar-refractivity contribution is 5.97. The average molecular weight is 823 g/mol. The largest absolute Gasteiger partial charge is 0.312 e. The second kappa shape index (κ2) is 15.1. The fourth-order valence-corrected chi connectivity index (χ4v) is 11.3. The Morgan fingerprint density at radius 2 is 1.16 bits per heavy atom. The van der Waals surface area contributed by atoms with E-state index in [2.05, 4.69) is 249 Å². The van der Waals surface area contributed by atoms with Gasteiger partial charge in [-0.1, -0.05) is 173 Å². The van der Waals surface area contributed by atoms with Crippen molar-refractivity contribution >= 4 is 39.6 Å². The quantitative estimate of drug-likeness (QED) is 0.155. The molecule has 0 radical (unpaired) electrons. The van der Waals surface area contributed by atoms with Crippen LogP contribution in [-0.2, 0) is 5.41 Å². The lowest BCUT2D eigenvalue weighted by atomic mass is 9.74. The minimum absolute atomic E-state index is 0.0502. The summed E-state index contributed by atoms with van der Waals surface area (Å²) in [6.45, 7) is 7.23. The van der Waals surface area contributed by atoms with Crippen molar-refractivity contribution in [2.75, 3.05) is 4.90 Å². The summed E-state index contributed by atoms with van der Waals surface area (Å²) in [6.07, 6.45) is 19.7. The molecule has 12 rings (SSSR count). The lowest BCUT2D eigenvalue weighted by Gasteiger charge is -2.31. The van der Waals surface area contributed by atoms with Gasteiger partial charge in [0.15, 0.2) is 0 Å². The van der Waals surface area contributed by atoms with Gasteiger partial charge < -0.3 is 9.47 Å². The number of fused-ring (bicyclic) bond motifs is 7. The number of hydrogen-bond acceptors (Lipinski definition) is 1. The number of hydrogen-bond donors (Lipinski definition) is 0. The maximum Gasteiger partial charge on any atom is 0.0538 e. The number of allylic oxidation sites excluding steroid dienone is 9. The zero-order chi connectivity index (χ0) is 42.9. The fourth-order valence-electron chi connectivity index (χ4n) is 11.3. The van der Waals surface area contributed by atoms with Crippen molar-refractivity contribution in [3.05, 3.63) is 240 Å². The molecular formula is C62H50N2. The Labute approximate surface area is 377 Å². The van der Waals surface area contributed by atoms with Crippen LogP contribution in [0.5, 0.6) is 0 Å². The second-order valence-electron chi connectivity index (χ2n) is 18.5. The van der Waals surface area contributed by atoms with Crippen LogP contribution in [0.2, 0.25) is 0 Å². The molecule has 308 valence electrons. The highest BCUT2D eigenvalue weighted by Gasteiger charge is 2.40. The Morgan fingerprint density at radius 1 is 0.547 bits per heavy atom. The molecule has 0 bridgehead atoms. The van der Waals surface area contributed by atoms with Crippen LogP contribution >= 0.6 is 0 Å². The normalized spacial score (nSPS) is 18.8. The van der Waals surface area contributed by atoms with E-state index in [-0.39, 0.29) is 5.41 Å². The van der Waals surface area contributed by atoms with Gasteiger partial charge in [-0.05, 0) is 135 Å². The molecule has 0 N–H and O–H groups in total. The van der Waals surface area contributed by atoms with Crippen molar-refractivity contribution in [2.24, 2.45) is 11.8 Å². The molecule has 0 fully saturated rings. The summed E-state index contributed by atoms with van der Waals surface area (Å²) in [5.41, 5.74) is 21.5. The van der Waals surface area contributed by atoms with E-state index in [1.807, 2.05) is 0 Å². The van der Waals surface area contributed by atoms with E-state index >= 15 is 0 Å². The zero-order valence-electron chi connectivity index (χ0n) is 36.6. The van der Waals surface area contributed by atoms with E-state index in [0.717, 1.165) is 17.8 Å². The molecule has 0 spiro atoms. The van der Waals surface area contributed by atoms with Crippen LogP contribution in [0.15, 0.2) is 218 Å². The van der Waals surface area contributed by atoms with Crippen LogP contribution in [-0.4, -0.2) is 4.57 Å². The molecule has 3 atom stereocenters. The van der Waals surface area contributed by atoms with E-state index < -0.39 is 0 Å². The monoisotopic (exact) mass is 822 g/mol. The van der Waals surface area contributed by atoms with Crippen molar-refractivity contribution in [1.82, 2.24) is 4.57 Å². The number of aromatic nitrogens is 1. The van der Waals surface area contributed by atoms with Crippen molar-refractivity contribution in [3.63, 3.8) is 0 Å². The lowest BCUT2D eigenvalue weighted by molar-refractivity contribution is 0.530. The predicted octanol–water partition coefficient (Wildman–Crippen LogP) is 16.6. The number of benzene rings is 7. The molecule has 0 aliphatic heterocycles. The molecule has 64 heavy (non-hydrogen) atoms. The van der Waals surface area contributed by atoms with E-state index in [1.54, 1.807) is 5.57 Å². The summed E-state index contributed by atoms with van der Waals surface area (Å²) >= 11 is 0. The maximum absolute atomic E-state index is 2.49. The van der Waals surface area contributed by atoms with E-state index in [9.17, 15) is 0 Å². The Hall–Kier alpha value is -7.42. The maximum atomic E-state index is 2.49. The minimum atomic E-state index is -0.0502. The number of rotatable bonds is 7. The van der Waals surface area contributed by atoms with Gasteiger partial charge in [0.1, 0.15) is 0 Å². The molecule has 4 aliphatic carbocycles. The minimum Gasteiger partial charge on any atom is -0.312 e. The van der Waals surface area contributed by atoms with Crippen molar-refractivity contribution in [2.45, 2.75) is 38.5 Å². The van der Waals surface area contributed by atoms with Gasteiger partial charge >= 0.3 is 0 Å². The Balaban J connectivity index is 0.942. The van der Waals surface area contributed by atoms with E-state index in [0.29, 0.717) is 17.8 Å². The summed E-state index contributed by atoms with van der Waals surface area (Å²) in [5, 5.41) is 1.29. The second-order valence-corrected chi connectivity index (χ2v) is 18.5. The van der Waals surface area contributed by atoms with Gasteiger partial charge in [-0.15, -0.1) is 0 Å². The third-order valence-corrected chi connectivity index (χ3v) is 14.4. The number of para-hydroxylation sites is 1. The van der Waals surface area contributed by atoms with Crippen LogP contribution in [0.1, 0.15) is 55.5 Å². The first-order chi connectivity index (χ1) is 31.4. The standard InChI is InChI=1S/C62H50N2/c1-41-14-12-23-55-54-36-34-52(40-58(54)62(2,3)60(41)55)63(50-30-24-43(25-31-50)47-19-13-18-46(38-47)42-15-6-4-7-16-42)51-32-26-44(27-33-51)48-29-37-59-57(39-48)56-35-28-45-17-10-11-22-53(45)61(56)64(59)49-20-8-5-9-21-49/h4-13,15-41,45,53H,14H2,1-3H3. The topological polar surface area (TPSA) is 8.17 Å². The van der Waals surface area contributed by atoms with E-state index in [1.165, 1.54) is 83.6 Å². The summed E-state index contributed by atoms with van der Waals surface area (Å²) in [4.78, 5) is 2.44. The molecule has 7 aromatic carbocycles. The summed E-state index contributed by atoms with van der Waals surface area (Å²) in [7, 11) is 0. The highest BCUT2D eigenvalue weighted by atomic mass is 15.1. The Morgan fingerprint density at radius 3 is 1.88 bits per heavy atom. The Bertz CT molecular complexity index is 3260. The zero-order valence-corrected chi connectivity index (χ0v) is 36.6. The highest BCUT2D eigenvalue weighted by Crippen LogP contribution is 2.53. The van der Waals surface area contributed by atoms with Crippen molar-refractivity contribution in [1.29, 1.82) is 0 Å². The van der Waals surface area contributed by atoms with Gasteiger partial charge in [0.05, 0.1) is 5.52 Å². The number of nitrogens with zero attached hydrogens (tertiary/aromatic N) is 2. The SMILES string of the molecule is CC1CC=CC2=C1C(C)(C)c1cc(N(c3ccc(-c4cccc(-c5ccccc5)c4)cc3)c3ccc(-c4ccc5c(c4)c4c(n5-c5ccccc5)C5C=CC=CC5C=C4)cc3)ccc12. The lowest BCUT2D eigenvalue weighted by Crippen LogP contribution is -2.22. The number of anilines is 3. The molecule has 1 aromatic heterocycles. The molecule has 0 saturated carbocycles. The van der Waals surface area contributed by atoms with E-state index in [4.69, 9.17) is 0 Å². The average Bonchev–Trinajstić information content (AvgIpc) is 3.81. The smallest absolute Gasteiger partial charge is 0.0538 e. The van der Waals surface area contributed by atoms with Crippen LogP contribution in [0, 0.1) is 11.8 Å².